The molecule has 4 nitrogen and oxygen atoms in total. The molecule has 0 saturated carbocycles. The van der Waals surface area contributed by atoms with Gasteiger partial charge in [-0.05, 0) is 13.8 Å². The first-order valence-corrected chi connectivity index (χ1v) is 5.90. The summed E-state index contributed by atoms with van der Waals surface area (Å²) >= 11 is 1.65. The van der Waals surface area contributed by atoms with Crippen LogP contribution in [-0.4, -0.2) is 24.0 Å². The Bertz CT molecular complexity index is 376. The third kappa shape index (κ3) is 2.93. The highest BCUT2D eigenvalue weighted by Crippen LogP contribution is 2.16. The molecule has 0 bridgehead atoms. The van der Waals surface area contributed by atoms with Crippen LogP contribution in [0.5, 0.6) is 0 Å². The van der Waals surface area contributed by atoms with Crippen LogP contribution in [0.4, 0.5) is 0 Å². The molecule has 1 fully saturated rings. The molecule has 1 amide bonds. The summed E-state index contributed by atoms with van der Waals surface area (Å²) in [5.41, 5.74) is 1.03. The van der Waals surface area contributed by atoms with Crippen LogP contribution >= 0.6 is 23.7 Å². The molecule has 0 unspecified atom stereocenters. The van der Waals surface area contributed by atoms with Gasteiger partial charge in [-0.2, -0.15) is 0 Å². The third-order valence-corrected chi connectivity index (χ3v) is 3.65. The quantitative estimate of drug-likeness (QED) is 0.854. The van der Waals surface area contributed by atoms with Gasteiger partial charge in [-0.3, -0.25) is 4.79 Å². The normalized spacial score (nSPS) is 15.1. The van der Waals surface area contributed by atoms with Crippen molar-refractivity contribution in [2.45, 2.75) is 20.4 Å². The summed E-state index contributed by atoms with van der Waals surface area (Å²) in [7, 11) is 0. The lowest BCUT2D eigenvalue weighted by Crippen LogP contribution is -2.50. The van der Waals surface area contributed by atoms with Crippen LogP contribution in [0.3, 0.4) is 0 Å². The maximum atomic E-state index is 11.5. The molecule has 0 aliphatic carbocycles. The van der Waals surface area contributed by atoms with Gasteiger partial charge in [-0.15, -0.1) is 23.7 Å². The van der Waals surface area contributed by atoms with Gasteiger partial charge in [-0.1, -0.05) is 0 Å². The number of thiazole rings is 1. The van der Waals surface area contributed by atoms with E-state index < -0.39 is 0 Å². The van der Waals surface area contributed by atoms with Crippen LogP contribution in [0.25, 0.3) is 0 Å². The predicted molar refractivity (Wildman–Crippen MR) is 67.0 cm³/mol. The monoisotopic (exact) mass is 261 g/mol. The average molecular weight is 262 g/mol. The third-order valence-electron chi connectivity index (χ3n) is 2.58. The highest BCUT2D eigenvalue weighted by atomic mass is 35.5. The number of rotatable bonds is 3. The second-order valence-electron chi connectivity index (χ2n) is 3.81. The Balaban J connectivity index is 0.00000128. The van der Waals surface area contributed by atoms with Crippen molar-refractivity contribution in [3.05, 3.63) is 15.6 Å². The number of amides is 1. The van der Waals surface area contributed by atoms with Gasteiger partial charge in [0.15, 0.2) is 0 Å². The summed E-state index contributed by atoms with van der Waals surface area (Å²) in [6.45, 7) is 6.21. The molecule has 16 heavy (non-hydrogen) atoms. The van der Waals surface area contributed by atoms with Gasteiger partial charge in [0.1, 0.15) is 0 Å². The minimum atomic E-state index is 0. The van der Waals surface area contributed by atoms with Gasteiger partial charge < -0.3 is 10.6 Å². The highest BCUT2D eigenvalue weighted by molar-refractivity contribution is 7.11. The summed E-state index contributed by atoms with van der Waals surface area (Å²) in [6, 6.07) is 0. The first-order chi connectivity index (χ1) is 7.16. The number of halogens is 1. The minimum absolute atomic E-state index is 0. The Morgan fingerprint density at radius 1 is 1.56 bits per heavy atom. The second-order valence-corrected chi connectivity index (χ2v) is 5.10. The van der Waals surface area contributed by atoms with Crippen molar-refractivity contribution in [3.63, 3.8) is 0 Å². The van der Waals surface area contributed by atoms with E-state index in [1.807, 2.05) is 13.8 Å². The van der Waals surface area contributed by atoms with Crippen molar-refractivity contribution in [3.8, 4) is 0 Å². The zero-order chi connectivity index (χ0) is 10.8. The van der Waals surface area contributed by atoms with Gasteiger partial charge in [0, 0.05) is 18.0 Å². The number of nitrogens with one attached hydrogen (secondary N) is 2. The van der Waals surface area contributed by atoms with Gasteiger partial charge in [0.05, 0.1) is 23.2 Å². The standard InChI is InChI=1S/C10H15N3OS.ClH/c1-6-9(15-7(2)13-6)5-12-10(14)8-3-11-4-8;/h8,11H,3-5H2,1-2H3,(H,12,14);1H. The van der Waals surface area contributed by atoms with E-state index in [1.54, 1.807) is 11.3 Å². The zero-order valence-electron chi connectivity index (χ0n) is 9.37. The number of carbonyl (C=O) groups excluding carboxylic acids is 1. The van der Waals surface area contributed by atoms with Crippen molar-refractivity contribution in [2.24, 2.45) is 5.92 Å². The Kier molecular flexibility index (Phi) is 4.70. The average Bonchev–Trinajstić information content (AvgIpc) is 2.38. The Morgan fingerprint density at radius 2 is 2.25 bits per heavy atom. The fraction of sp³-hybridized carbons (Fsp3) is 0.600. The highest BCUT2D eigenvalue weighted by Gasteiger charge is 2.24. The summed E-state index contributed by atoms with van der Waals surface area (Å²) in [5.74, 6) is 0.318. The molecular formula is C10H16ClN3OS. The lowest BCUT2D eigenvalue weighted by Gasteiger charge is -2.25. The van der Waals surface area contributed by atoms with Gasteiger partial charge in [0.25, 0.3) is 0 Å². The number of hydrogen-bond acceptors (Lipinski definition) is 4. The number of aryl methyl sites for hydroxylation is 2. The largest absolute Gasteiger partial charge is 0.351 e. The van der Waals surface area contributed by atoms with E-state index >= 15 is 0 Å². The predicted octanol–water partition coefficient (Wildman–Crippen LogP) is 1.02. The summed E-state index contributed by atoms with van der Waals surface area (Å²) < 4.78 is 0. The first-order valence-electron chi connectivity index (χ1n) is 5.08. The van der Waals surface area contributed by atoms with Crippen molar-refractivity contribution >= 4 is 29.7 Å². The minimum Gasteiger partial charge on any atom is -0.351 e. The van der Waals surface area contributed by atoms with Crippen LogP contribution in [0.2, 0.25) is 0 Å². The van der Waals surface area contributed by atoms with Crippen molar-refractivity contribution in [1.29, 1.82) is 0 Å². The molecule has 1 aromatic heterocycles. The molecule has 1 aliphatic rings. The van der Waals surface area contributed by atoms with E-state index in [9.17, 15) is 4.79 Å². The maximum Gasteiger partial charge on any atom is 0.225 e. The van der Waals surface area contributed by atoms with Crippen molar-refractivity contribution in [2.75, 3.05) is 13.1 Å². The zero-order valence-corrected chi connectivity index (χ0v) is 11.0. The maximum absolute atomic E-state index is 11.5. The molecule has 2 N–H and O–H groups in total. The molecule has 1 saturated heterocycles. The van der Waals surface area contributed by atoms with Crippen molar-refractivity contribution in [1.82, 2.24) is 15.6 Å². The topological polar surface area (TPSA) is 54.0 Å². The molecule has 0 atom stereocenters. The molecule has 1 aromatic rings. The van der Waals surface area contributed by atoms with Crippen LogP contribution < -0.4 is 10.6 Å². The SMILES string of the molecule is Cc1nc(C)c(CNC(=O)C2CNC2)s1.Cl. The fourth-order valence-electron chi connectivity index (χ4n) is 1.52. The lowest BCUT2D eigenvalue weighted by molar-refractivity contribution is -0.126. The van der Waals surface area contributed by atoms with Crippen molar-refractivity contribution < 1.29 is 4.79 Å². The molecule has 2 heterocycles. The van der Waals surface area contributed by atoms with E-state index in [0.29, 0.717) is 6.54 Å². The number of nitrogens with zero attached hydrogens (tertiary/aromatic N) is 1. The van der Waals surface area contributed by atoms with E-state index in [0.717, 1.165) is 28.7 Å². The Hall–Kier alpha value is -0.650. The molecule has 0 spiro atoms. The first kappa shape index (κ1) is 13.4. The fourth-order valence-corrected chi connectivity index (χ4v) is 2.40. The van der Waals surface area contributed by atoms with E-state index in [2.05, 4.69) is 15.6 Å². The summed E-state index contributed by atoms with van der Waals surface area (Å²) in [6.07, 6.45) is 0. The summed E-state index contributed by atoms with van der Waals surface area (Å²) in [5, 5.41) is 7.09. The van der Waals surface area contributed by atoms with Gasteiger partial charge in [-0.25, -0.2) is 4.98 Å². The molecule has 90 valence electrons. The number of aromatic nitrogens is 1. The van der Waals surface area contributed by atoms with Crippen LogP contribution in [0, 0.1) is 19.8 Å². The van der Waals surface area contributed by atoms with E-state index in [4.69, 9.17) is 0 Å². The van der Waals surface area contributed by atoms with Crippen LogP contribution in [0.15, 0.2) is 0 Å². The Morgan fingerprint density at radius 3 is 2.69 bits per heavy atom. The Labute approximate surface area is 105 Å². The molecule has 0 radical (unpaired) electrons. The van der Waals surface area contributed by atoms with Gasteiger partial charge >= 0.3 is 0 Å². The lowest BCUT2D eigenvalue weighted by atomic mass is 10.0. The molecule has 2 rings (SSSR count). The van der Waals surface area contributed by atoms with E-state index in [-0.39, 0.29) is 24.2 Å². The smallest absolute Gasteiger partial charge is 0.225 e. The van der Waals surface area contributed by atoms with E-state index in [1.165, 1.54) is 0 Å². The molecule has 0 aromatic carbocycles. The van der Waals surface area contributed by atoms with Crippen LogP contribution in [-0.2, 0) is 11.3 Å². The molecule has 1 aliphatic heterocycles. The second kappa shape index (κ2) is 5.61. The van der Waals surface area contributed by atoms with Crippen LogP contribution in [0.1, 0.15) is 15.6 Å². The summed E-state index contributed by atoms with van der Waals surface area (Å²) in [4.78, 5) is 17.0. The van der Waals surface area contributed by atoms with Gasteiger partial charge in [0.2, 0.25) is 5.91 Å². The number of carbonyl (C=O) groups is 1. The number of hydrogen-bond donors (Lipinski definition) is 2. The molecule has 6 heteroatoms. The molecular weight excluding hydrogens is 246 g/mol.